The van der Waals surface area contributed by atoms with E-state index in [-0.39, 0.29) is 17.9 Å². The standard InChI is InChI=1S/C11H18N4O4S/c1-2-19-11(16)9-6-8(12)7-15-10(9)14-4-3-5-20(13,17)18/h6-7H,2-5,12H2,1H3,(H,14,15)(H2,13,17,18). The van der Waals surface area contributed by atoms with Gasteiger partial charge in [-0.1, -0.05) is 0 Å². The SMILES string of the molecule is CCOC(=O)c1cc(N)cnc1NCCCS(N)(=O)=O. The summed E-state index contributed by atoms with van der Waals surface area (Å²) in [6.45, 7) is 2.23. The zero-order chi connectivity index (χ0) is 15.2. The molecular formula is C11H18N4O4S. The lowest BCUT2D eigenvalue weighted by atomic mass is 10.2. The van der Waals surface area contributed by atoms with Gasteiger partial charge in [0.05, 0.1) is 24.2 Å². The minimum absolute atomic E-state index is 0.149. The molecule has 0 saturated carbocycles. The number of hydrogen-bond donors (Lipinski definition) is 3. The Labute approximate surface area is 117 Å². The Bertz CT molecular complexity index is 574. The lowest BCUT2D eigenvalue weighted by Gasteiger charge is -2.10. The first kappa shape index (κ1) is 16.2. The van der Waals surface area contributed by atoms with Gasteiger partial charge >= 0.3 is 5.97 Å². The Balaban J connectivity index is 2.71. The first-order chi connectivity index (χ1) is 9.33. The number of nitrogens with zero attached hydrogens (tertiary/aromatic N) is 1. The van der Waals surface area contributed by atoms with Gasteiger partial charge in [0, 0.05) is 6.54 Å². The highest BCUT2D eigenvalue weighted by atomic mass is 32.2. The number of nitrogen functional groups attached to an aromatic ring is 1. The van der Waals surface area contributed by atoms with Gasteiger partial charge in [0.15, 0.2) is 0 Å². The third-order valence-electron chi connectivity index (χ3n) is 2.30. The fourth-order valence-electron chi connectivity index (χ4n) is 1.47. The number of pyridine rings is 1. The third-order valence-corrected chi connectivity index (χ3v) is 3.16. The van der Waals surface area contributed by atoms with E-state index in [2.05, 4.69) is 10.3 Å². The summed E-state index contributed by atoms with van der Waals surface area (Å²) >= 11 is 0. The maximum atomic E-state index is 11.7. The number of primary sulfonamides is 1. The highest BCUT2D eigenvalue weighted by Gasteiger charge is 2.14. The van der Waals surface area contributed by atoms with Crippen LogP contribution in [0.1, 0.15) is 23.7 Å². The molecule has 0 fully saturated rings. The molecule has 0 aliphatic heterocycles. The fourth-order valence-corrected chi connectivity index (χ4v) is 2.01. The summed E-state index contributed by atoms with van der Waals surface area (Å²) < 4.78 is 26.5. The Morgan fingerprint density at radius 2 is 2.20 bits per heavy atom. The number of carbonyl (C=O) groups excluding carboxylic acids is 1. The number of esters is 1. The molecular weight excluding hydrogens is 284 g/mol. The van der Waals surface area contributed by atoms with Crippen molar-refractivity contribution in [1.82, 2.24) is 4.98 Å². The molecule has 1 aromatic rings. The average Bonchev–Trinajstić information content (AvgIpc) is 2.35. The molecule has 0 unspecified atom stereocenters. The van der Waals surface area contributed by atoms with E-state index < -0.39 is 16.0 Å². The highest BCUT2D eigenvalue weighted by Crippen LogP contribution is 2.16. The molecule has 112 valence electrons. The van der Waals surface area contributed by atoms with Gasteiger partial charge in [-0.3, -0.25) is 0 Å². The van der Waals surface area contributed by atoms with E-state index in [1.807, 2.05) is 0 Å². The monoisotopic (exact) mass is 302 g/mol. The second kappa shape index (κ2) is 7.06. The maximum Gasteiger partial charge on any atom is 0.341 e. The van der Waals surface area contributed by atoms with Crippen molar-refractivity contribution in [3.63, 3.8) is 0 Å². The van der Waals surface area contributed by atoms with E-state index in [9.17, 15) is 13.2 Å². The quantitative estimate of drug-likeness (QED) is 0.473. The molecule has 8 nitrogen and oxygen atoms in total. The van der Waals surface area contributed by atoms with Crippen molar-refractivity contribution in [2.24, 2.45) is 5.14 Å². The Morgan fingerprint density at radius 3 is 2.80 bits per heavy atom. The molecule has 9 heteroatoms. The third kappa shape index (κ3) is 5.41. The summed E-state index contributed by atoms with van der Waals surface area (Å²) in [6, 6.07) is 1.45. The van der Waals surface area contributed by atoms with Gasteiger partial charge in [-0.05, 0) is 19.4 Å². The number of rotatable bonds is 7. The van der Waals surface area contributed by atoms with Crippen LogP contribution in [0.3, 0.4) is 0 Å². The average molecular weight is 302 g/mol. The number of aromatic nitrogens is 1. The molecule has 0 saturated heterocycles. The lowest BCUT2D eigenvalue weighted by molar-refractivity contribution is 0.0527. The smallest absolute Gasteiger partial charge is 0.341 e. The van der Waals surface area contributed by atoms with Crippen LogP contribution >= 0.6 is 0 Å². The highest BCUT2D eigenvalue weighted by molar-refractivity contribution is 7.89. The number of carbonyl (C=O) groups is 1. The van der Waals surface area contributed by atoms with Crippen molar-refractivity contribution in [3.8, 4) is 0 Å². The van der Waals surface area contributed by atoms with Crippen LogP contribution in [0.25, 0.3) is 0 Å². The Kier molecular flexibility index (Phi) is 5.71. The van der Waals surface area contributed by atoms with Crippen LogP contribution in [-0.2, 0) is 14.8 Å². The fraction of sp³-hybridized carbons (Fsp3) is 0.455. The van der Waals surface area contributed by atoms with Crippen molar-refractivity contribution >= 4 is 27.5 Å². The first-order valence-electron chi connectivity index (χ1n) is 6.00. The van der Waals surface area contributed by atoms with Crippen molar-refractivity contribution in [3.05, 3.63) is 17.8 Å². The van der Waals surface area contributed by atoms with Crippen molar-refractivity contribution in [2.45, 2.75) is 13.3 Å². The van der Waals surface area contributed by atoms with Crippen LogP contribution in [0.2, 0.25) is 0 Å². The van der Waals surface area contributed by atoms with Gasteiger partial charge in [0.1, 0.15) is 11.4 Å². The summed E-state index contributed by atoms with van der Waals surface area (Å²) in [7, 11) is -3.49. The Morgan fingerprint density at radius 1 is 1.50 bits per heavy atom. The molecule has 1 aromatic heterocycles. The molecule has 0 aliphatic rings. The second-order valence-electron chi connectivity index (χ2n) is 4.03. The number of hydrogen-bond acceptors (Lipinski definition) is 7. The van der Waals surface area contributed by atoms with Crippen LogP contribution in [0, 0.1) is 0 Å². The topological polar surface area (TPSA) is 137 Å². The number of anilines is 2. The largest absolute Gasteiger partial charge is 0.462 e. The summed E-state index contributed by atoms with van der Waals surface area (Å²) in [5.74, 6) is -0.391. The van der Waals surface area contributed by atoms with Gasteiger partial charge in [0.25, 0.3) is 0 Å². The predicted molar refractivity (Wildman–Crippen MR) is 75.7 cm³/mol. The van der Waals surface area contributed by atoms with Crippen LogP contribution < -0.4 is 16.2 Å². The molecule has 20 heavy (non-hydrogen) atoms. The molecule has 0 radical (unpaired) electrons. The number of nitrogens with two attached hydrogens (primary N) is 2. The molecule has 0 aromatic carbocycles. The van der Waals surface area contributed by atoms with Gasteiger partial charge in [-0.2, -0.15) is 0 Å². The Hall–Kier alpha value is -1.87. The van der Waals surface area contributed by atoms with Gasteiger partial charge in [0.2, 0.25) is 10.0 Å². The summed E-state index contributed by atoms with van der Waals surface area (Å²) in [4.78, 5) is 15.7. The number of nitrogens with one attached hydrogen (secondary N) is 1. The number of ether oxygens (including phenoxy) is 1. The summed E-state index contributed by atoms with van der Waals surface area (Å²) in [6.07, 6.45) is 1.69. The molecule has 1 rings (SSSR count). The van der Waals surface area contributed by atoms with E-state index in [4.69, 9.17) is 15.6 Å². The van der Waals surface area contributed by atoms with Crippen LogP contribution in [-0.4, -0.2) is 38.3 Å². The maximum absolute atomic E-state index is 11.7. The molecule has 5 N–H and O–H groups in total. The van der Waals surface area contributed by atoms with Crippen molar-refractivity contribution in [2.75, 3.05) is 30.0 Å². The molecule has 1 heterocycles. The van der Waals surface area contributed by atoms with E-state index in [1.54, 1.807) is 6.92 Å². The van der Waals surface area contributed by atoms with Gasteiger partial charge < -0.3 is 15.8 Å². The first-order valence-corrected chi connectivity index (χ1v) is 7.72. The number of sulfonamides is 1. The predicted octanol–water partition coefficient (Wildman–Crippen LogP) is -0.0690. The zero-order valence-electron chi connectivity index (χ0n) is 11.1. The van der Waals surface area contributed by atoms with Crippen molar-refractivity contribution < 1.29 is 17.9 Å². The molecule has 0 bridgehead atoms. The molecule has 0 amide bonds. The van der Waals surface area contributed by atoms with Crippen LogP contribution in [0.4, 0.5) is 11.5 Å². The minimum atomic E-state index is -3.49. The van der Waals surface area contributed by atoms with Gasteiger partial charge in [-0.25, -0.2) is 23.3 Å². The van der Waals surface area contributed by atoms with E-state index >= 15 is 0 Å². The lowest BCUT2D eigenvalue weighted by Crippen LogP contribution is -2.19. The molecule has 0 aliphatic carbocycles. The van der Waals surface area contributed by atoms with E-state index in [0.29, 0.717) is 24.5 Å². The van der Waals surface area contributed by atoms with Gasteiger partial charge in [-0.15, -0.1) is 0 Å². The zero-order valence-corrected chi connectivity index (χ0v) is 11.9. The molecule has 0 atom stereocenters. The van der Waals surface area contributed by atoms with E-state index in [1.165, 1.54) is 12.3 Å². The minimum Gasteiger partial charge on any atom is -0.462 e. The van der Waals surface area contributed by atoms with Crippen molar-refractivity contribution in [1.29, 1.82) is 0 Å². The summed E-state index contributed by atoms with van der Waals surface area (Å²) in [5, 5.41) is 7.76. The second-order valence-corrected chi connectivity index (χ2v) is 5.77. The van der Waals surface area contributed by atoms with Crippen LogP contribution in [0.5, 0.6) is 0 Å². The van der Waals surface area contributed by atoms with E-state index in [0.717, 1.165) is 0 Å². The molecule has 0 spiro atoms. The summed E-state index contributed by atoms with van der Waals surface area (Å²) in [5.41, 5.74) is 6.13. The van der Waals surface area contributed by atoms with Crippen LogP contribution in [0.15, 0.2) is 12.3 Å². The normalized spacial score (nSPS) is 11.1.